The van der Waals surface area contributed by atoms with Crippen LogP contribution in [0.1, 0.15) is 28.4 Å². The van der Waals surface area contributed by atoms with Crippen molar-refractivity contribution < 1.29 is 14.7 Å². The Morgan fingerprint density at radius 1 is 1.23 bits per heavy atom. The Morgan fingerprint density at radius 2 is 1.96 bits per heavy atom. The van der Waals surface area contributed by atoms with Crippen LogP contribution in [0.4, 0.5) is 5.69 Å². The Morgan fingerprint density at radius 3 is 2.62 bits per heavy atom. The number of carbonyl (C=O) groups is 2. The molecule has 2 aromatic carbocycles. The lowest BCUT2D eigenvalue weighted by atomic mass is 10.1. The summed E-state index contributed by atoms with van der Waals surface area (Å²) in [4.78, 5) is 30.4. The lowest BCUT2D eigenvalue weighted by Gasteiger charge is -2.12. The van der Waals surface area contributed by atoms with Crippen molar-refractivity contribution in [2.75, 3.05) is 6.54 Å². The summed E-state index contributed by atoms with van der Waals surface area (Å²) in [5.41, 5.74) is 2.79. The molecule has 1 N–H and O–H groups in total. The van der Waals surface area contributed by atoms with E-state index in [4.69, 9.17) is 5.11 Å². The van der Waals surface area contributed by atoms with Crippen LogP contribution in [0.5, 0.6) is 0 Å². The van der Waals surface area contributed by atoms with Crippen molar-refractivity contribution in [3.05, 3.63) is 70.1 Å². The van der Waals surface area contributed by atoms with E-state index in [-0.39, 0.29) is 11.5 Å². The predicted octanol–water partition coefficient (Wildman–Crippen LogP) is 4.32. The second-order valence-electron chi connectivity index (χ2n) is 5.82. The zero-order valence-electron chi connectivity index (χ0n) is 14.5. The quantitative estimate of drug-likeness (QED) is 0.818. The summed E-state index contributed by atoms with van der Waals surface area (Å²) < 4.78 is 0. The van der Waals surface area contributed by atoms with Crippen LogP contribution in [0.25, 0.3) is 6.08 Å². The fourth-order valence-corrected chi connectivity index (χ4v) is 3.57. The number of hydrogen-bond donors (Lipinski definition) is 1. The van der Waals surface area contributed by atoms with Crippen molar-refractivity contribution in [2.45, 2.75) is 13.8 Å². The van der Waals surface area contributed by atoms with Gasteiger partial charge in [0, 0.05) is 6.54 Å². The molecule has 2 aromatic rings. The SMILES string of the molecule is CCN1C(=O)/C(=C\c2ccc(C)cc2)SC1=Nc1cccc(C(=O)O)c1. The van der Waals surface area contributed by atoms with Gasteiger partial charge in [-0.25, -0.2) is 9.79 Å². The lowest BCUT2D eigenvalue weighted by molar-refractivity contribution is -0.122. The monoisotopic (exact) mass is 366 g/mol. The first-order valence-electron chi connectivity index (χ1n) is 8.18. The number of aliphatic imine (C=N–C) groups is 1. The third-order valence-corrected chi connectivity index (χ3v) is 4.90. The smallest absolute Gasteiger partial charge is 0.335 e. The summed E-state index contributed by atoms with van der Waals surface area (Å²) in [5, 5.41) is 9.66. The first-order valence-corrected chi connectivity index (χ1v) is 8.99. The number of carbonyl (C=O) groups excluding carboxylic acids is 1. The topological polar surface area (TPSA) is 70.0 Å². The number of likely N-dealkylation sites (N-methyl/N-ethyl adjacent to an activating group) is 1. The highest BCUT2D eigenvalue weighted by Crippen LogP contribution is 2.34. The number of carboxylic acid groups (broad SMARTS) is 1. The molecule has 1 amide bonds. The van der Waals surface area contributed by atoms with Gasteiger partial charge in [0.25, 0.3) is 5.91 Å². The molecule has 0 saturated carbocycles. The Balaban J connectivity index is 1.93. The molecule has 132 valence electrons. The summed E-state index contributed by atoms with van der Waals surface area (Å²) >= 11 is 1.30. The van der Waals surface area contributed by atoms with Gasteiger partial charge < -0.3 is 5.11 Å². The standard InChI is InChI=1S/C20H18N2O3S/c1-3-22-18(23)17(11-14-9-7-13(2)8-10-14)26-20(22)21-16-6-4-5-15(12-16)19(24)25/h4-12H,3H2,1-2H3,(H,24,25)/b17-11+,21-20?. The molecule has 0 spiro atoms. The first kappa shape index (κ1) is 17.9. The zero-order chi connectivity index (χ0) is 18.7. The van der Waals surface area contributed by atoms with Gasteiger partial charge in [-0.15, -0.1) is 0 Å². The second-order valence-corrected chi connectivity index (χ2v) is 6.83. The van der Waals surface area contributed by atoms with E-state index < -0.39 is 5.97 Å². The van der Waals surface area contributed by atoms with Crippen LogP contribution in [0.15, 0.2) is 58.4 Å². The highest BCUT2D eigenvalue weighted by atomic mass is 32.2. The lowest BCUT2D eigenvalue weighted by Crippen LogP contribution is -2.28. The molecule has 0 aromatic heterocycles. The molecule has 1 aliphatic rings. The molecule has 5 nitrogen and oxygen atoms in total. The summed E-state index contributed by atoms with van der Waals surface area (Å²) in [6.45, 7) is 4.40. The predicted molar refractivity (Wildman–Crippen MR) is 105 cm³/mol. The van der Waals surface area contributed by atoms with Crippen LogP contribution < -0.4 is 0 Å². The Bertz CT molecular complexity index is 917. The van der Waals surface area contributed by atoms with Crippen LogP contribution in [-0.4, -0.2) is 33.6 Å². The molecule has 1 aliphatic heterocycles. The van der Waals surface area contributed by atoms with E-state index in [9.17, 15) is 9.59 Å². The van der Waals surface area contributed by atoms with Crippen molar-refractivity contribution in [2.24, 2.45) is 4.99 Å². The Labute approximate surface area is 156 Å². The van der Waals surface area contributed by atoms with Crippen LogP contribution >= 0.6 is 11.8 Å². The third-order valence-electron chi connectivity index (χ3n) is 3.90. The maximum Gasteiger partial charge on any atom is 0.335 e. The van der Waals surface area contributed by atoms with E-state index in [0.717, 1.165) is 11.1 Å². The molecule has 0 radical (unpaired) electrons. The number of amidine groups is 1. The molecule has 0 atom stereocenters. The van der Waals surface area contributed by atoms with Crippen LogP contribution in [0.2, 0.25) is 0 Å². The van der Waals surface area contributed by atoms with Gasteiger partial charge in [-0.3, -0.25) is 9.69 Å². The molecule has 26 heavy (non-hydrogen) atoms. The Kier molecular flexibility index (Phi) is 5.23. The van der Waals surface area contributed by atoms with Gasteiger partial charge in [-0.2, -0.15) is 0 Å². The average Bonchev–Trinajstić information content (AvgIpc) is 2.91. The second kappa shape index (κ2) is 7.58. The number of nitrogens with zero attached hydrogens (tertiary/aromatic N) is 2. The number of aromatic carboxylic acids is 1. The van der Waals surface area contributed by atoms with E-state index in [1.54, 1.807) is 17.0 Å². The van der Waals surface area contributed by atoms with Gasteiger partial charge in [0.2, 0.25) is 0 Å². The van der Waals surface area contributed by atoms with Crippen molar-refractivity contribution in [3.63, 3.8) is 0 Å². The highest BCUT2D eigenvalue weighted by Gasteiger charge is 2.32. The molecule has 3 rings (SSSR count). The summed E-state index contributed by atoms with van der Waals surface area (Å²) in [7, 11) is 0. The summed E-state index contributed by atoms with van der Waals surface area (Å²) in [5.74, 6) is -1.10. The normalized spacial score (nSPS) is 17.3. The van der Waals surface area contributed by atoms with Crippen molar-refractivity contribution >= 4 is 40.6 Å². The van der Waals surface area contributed by atoms with Crippen LogP contribution in [0.3, 0.4) is 0 Å². The number of thioether (sulfide) groups is 1. The third kappa shape index (κ3) is 3.86. The van der Waals surface area contributed by atoms with Crippen LogP contribution in [-0.2, 0) is 4.79 Å². The number of amides is 1. The van der Waals surface area contributed by atoms with E-state index in [1.165, 1.54) is 23.9 Å². The van der Waals surface area contributed by atoms with Gasteiger partial charge in [0.05, 0.1) is 16.2 Å². The maximum atomic E-state index is 12.6. The van der Waals surface area contributed by atoms with Gasteiger partial charge in [0.15, 0.2) is 5.17 Å². The number of rotatable bonds is 4. The van der Waals surface area contributed by atoms with Gasteiger partial charge >= 0.3 is 5.97 Å². The van der Waals surface area contributed by atoms with Crippen LogP contribution in [0, 0.1) is 6.92 Å². The van der Waals surface area contributed by atoms with E-state index in [1.807, 2.05) is 44.2 Å². The maximum absolute atomic E-state index is 12.6. The van der Waals surface area contributed by atoms with Gasteiger partial charge in [0.1, 0.15) is 0 Å². The van der Waals surface area contributed by atoms with Crippen molar-refractivity contribution in [1.29, 1.82) is 0 Å². The molecule has 0 aliphatic carbocycles. The van der Waals surface area contributed by atoms with E-state index >= 15 is 0 Å². The number of carboxylic acids is 1. The Hall–Kier alpha value is -2.86. The van der Waals surface area contributed by atoms with E-state index in [0.29, 0.717) is 22.3 Å². The minimum absolute atomic E-state index is 0.0915. The average molecular weight is 366 g/mol. The highest BCUT2D eigenvalue weighted by molar-refractivity contribution is 8.18. The number of hydrogen-bond acceptors (Lipinski definition) is 4. The fraction of sp³-hybridized carbons (Fsp3) is 0.150. The van der Waals surface area contributed by atoms with Crippen molar-refractivity contribution in [1.82, 2.24) is 4.90 Å². The molecule has 1 fully saturated rings. The van der Waals surface area contributed by atoms with Gasteiger partial charge in [-0.05, 0) is 55.4 Å². The zero-order valence-corrected chi connectivity index (χ0v) is 15.3. The molecular formula is C20H18N2O3S. The number of benzene rings is 2. The molecule has 1 heterocycles. The molecule has 6 heteroatoms. The molecule has 0 unspecified atom stereocenters. The minimum Gasteiger partial charge on any atom is -0.478 e. The van der Waals surface area contributed by atoms with Gasteiger partial charge in [-0.1, -0.05) is 35.9 Å². The molecule has 0 bridgehead atoms. The van der Waals surface area contributed by atoms with E-state index in [2.05, 4.69) is 4.99 Å². The molecular weight excluding hydrogens is 348 g/mol. The minimum atomic E-state index is -1.01. The summed E-state index contributed by atoms with van der Waals surface area (Å²) in [6.07, 6.45) is 1.85. The first-order chi connectivity index (χ1) is 12.5. The molecule has 1 saturated heterocycles. The fourth-order valence-electron chi connectivity index (χ4n) is 2.50. The summed E-state index contributed by atoms with van der Waals surface area (Å²) in [6, 6.07) is 14.3. The van der Waals surface area contributed by atoms with Crippen molar-refractivity contribution in [3.8, 4) is 0 Å². The largest absolute Gasteiger partial charge is 0.478 e. The number of aryl methyl sites for hydroxylation is 1.